The molecular formula is C29H38N6O4S. The fourth-order valence-corrected chi connectivity index (χ4v) is 6.26. The first kappa shape index (κ1) is 28.1. The topological polar surface area (TPSA) is 112 Å². The number of nitrogens with zero attached hydrogens (tertiary/aromatic N) is 5. The summed E-state index contributed by atoms with van der Waals surface area (Å²) in [6, 6.07) is 9.82. The van der Waals surface area contributed by atoms with E-state index >= 15 is 0 Å². The highest BCUT2D eigenvalue weighted by Gasteiger charge is 2.27. The summed E-state index contributed by atoms with van der Waals surface area (Å²) in [4.78, 5) is 26.7. The van der Waals surface area contributed by atoms with E-state index in [0.29, 0.717) is 43.5 Å². The number of anilines is 2. The zero-order chi connectivity index (χ0) is 28.3. The number of aryl methyl sites for hydroxylation is 2. The van der Waals surface area contributed by atoms with E-state index < -0.39 is 16.1 Å². The van der Waals surface area contributed by atoms with Crippen LogP contribution in [0.4, 0.5) is 11.6 Å². The molecule has 1 atom stereocenters. The Kier molecular flexibility index (Phi) is 8.41. The number of rotatable bonds is 8. The molecule has 2 saturated heterocycles. The first-order chi connectivity index (χ1) is 19.2. The van der Waals surface area contributed by atoms with Gasteiger partial charge in [-0.2, -0.15) is 4.31 Å². The van der Waals surface area contributed by atoms with Gasteiger partial charge >= 0.3 is 0 Å². The lowest BCUT2D eigenvalue weighted by Gasteiger charge is -2.33. The highest BCUT2D eigenvalue weighted by Crippen LogP contribution is 2.34. The van der Waals surface area contributed by atoms with Crippen LogP contribution in [0, 0.1) is 13.8 Å². The van der Waals surface area contributed by atoms with Crippen molar-refractivity contribution in [3.63, 3.8) is 0 Å². The summed E-state index contributed by atoms with van der Waals surface area (Å²) in [6.45, 7) is 7.85. The third-order valence-corrected chi connectivity index (χ3v) is 8.89. The Morgan fingerprint density at radius 3 is 2.27 bits per heavy atom. The Labute approximate surface area is 236 Å². The summed E-state index contributed by atoms with van der Waals surface area (Å²) in [5.74, 6) is 1.88. The lowest BCUT2D eigenvalue weighted by atomic mass is 9.97. The Morgan fingerprint density at radius 1 is 0.950 bits per heavy atom. The van der Waals surface area contributed by atoms with Crippen molar-refractivity contribution in [2.24, 2.45) is 0 Å². The van der Waals surface area contributed by atoms with E-state index in [9.17, 15) is 13.2 Å². The van der Waals surface area contributed by atoms with Gasteiger partial charge in [-0.25, -0.2) is 18.4 Å². The van der Waals surface area contributed by atoms with Crippen LogP contribution < -0.4 is 15.1 Å². The van der Waals surface area contributed by atoms with Gasteiger partial charge in [-0.1, -0.05) is 12.1 Å². The smallest absolute Gasteiger partial charge is 0.225 e. The molecule has 0 radical (unpaired) electrons. The lowest BCUT2D eigenvalue weighted by molar-refractivity contribution is -0.121. The Bertz CT molecular complexity index is 1420. The van der Waals surface area contributed by atoms with E-state index in [1.54, 1.807) is 12.4 Å². The van der Waals surface area contributed by atoms with Gasteiger partial charge in [-0.15, -0.1) is 0 Å². The van der Waals surface area contributed by atoms with Crippen LogP contribution in [0.5, 0.6) is 0 Å². The second-order valence-corrected chi connectivity index (χ2v) is 12.8. The third-order valence-electron chi connectivity index (χ3n) is 7.59. The average Bonchev–Trinajstić information content (AvgIpc) is 3.38. The first-order valence-corrected chi connectivity index (χ1v) is 15.7. The van der Waals surface area contributed by atoms with Crippen molar-refractivity contribution in [1.82, 2.24) is 19.6 Å². The minimum absolute atomic E-state index is 0.128. The molecule has 1 amide bonds. The number of benzene rings is 1. The number of sulfonamides is 1. The number of nitrogens with one attached hydrogen (secondary N) is 1. The zero-order valence-electron chi connectivity index (χ0n) is 23.5. The molecule has 1 unspecified atom stereocenters. The largest absolute Gasteiger partial charge is 0.464 e. The van der Waals surface area contributed by atoms with Crippen LogP contribution >= 0.6 is 0 Å². The summed E-state index contributed by atoms with van der Waals surface area (Å²) >= 11 is 0. The van der Waals surface area contributed by atoms with E-state index in [0.717, 1.165) is 42.9 Å². The highest BCUT2D eigenvalue weighted by molar-refractivity contribution is 7.88. The van der Waals surface area contributed by atoms with E-state index in [1.807, 2.05) is 24.0 Å². The van der Waals surface area contributed by atoms with Crippen LogP contribution in [0.2, 0.25) is 0 Å². The molecule has 214 valence electrons. The molecule has 40 heavy (non-hydrogen) atoms. The minimum Gasteiger partial charge on any atom is -0.464 e. The highest BCUT2D eigenvalue weighted by atomic mass is 32.2. The van der Waals surface area contributed by atoms with Crippen LogP contribution in [-0.2, 0) is 21.2 Å². The fourth-order valence-electron chi connectivity index (χ4n) is 5.44. The van der Waals surface area contributed by atoms with Gasteiger partial charge in [0.15, 0.2) is 0 Å². The van der Waals surface area contributed by atoms with Crippen LogP contribution in [0.3, 0.4) is 0 Å². The van der Waals surface area contributed by atoms with E-state index in [1.165, 1.54) is 22.5 Å². The van der Waals surface area contributed by atoms with Gasteiger partial charge in [0.2, 0.25) is 21.9 Å². The molecule has 10 nitrogen and oxygen atoms in total. The van der Waals surface area contributed by atoms with Gasteiger partial charge in [-0.05, 0) is 62.4 Å². The zero-order valence-corrected chi connectivity index (χ0v) is 24.3. The lowest BCUT2D eigenvalue weighted by Crippen LogP contribution is -2.48. The molecule has 3 aromatic rings. The van der Waals surface area contributed by atoms with Crippen molar-refractivity contribution in [2.75, 3.05) is 55.3 Å². The molecule has 2 aliphatic rings. The molecule has 4 heterocycles. The van der Waals surface area contributed by atoms with Crippen molar-refractivity contribution in [2.45, 2.75) is 45.6 Å². The number of hydrogen-bond donors (Lipinski definition) is 1. The van der Waals surface area contributed by atoms with Gasteiger partial charge in [0.25, 0.3) is 0 Å². The first-order valence-electron chi connectivity index (χ1n) is 13.9. The van der Waals surface area contributed by atoms with Crippen molar-refractivity contribution in [3.8, 4) is 0 Å². The SMILES string of the molecule is Cc1ccc(C(NC(=O)Cc2cnc(N3CCN(S(C)(=O)=O)CC3)nc2)c2ccc(C)o2)c(N2CCCCC2)c1. The second-order valence-electron chi connectivity index (χ2n) is 10.8. The molecule has 0 bridgehead atoms. The molecule has 1 aromatic carbocycles. The maximum Gasteiger partial charge on any atom is 0.225 e. The maximum atomic E-state index is 13.4. The number of piperidine rings is 1. The van der Waals surface area contributed by atoms with Gasteiger partial charge in [0, 0.05) is 62.9 Å². The second kappa shape index (κ2) is 12.0. The summed E-state index contributed by atoms with van der Waals surface area (Å²) in [7, 11) is -3.20. The number of piperazine rings is 1. The van der Waals surface area contributed by atoms with Crippen LogP contribution in [0.15, 0.2) is 47.1 Å². The molecule has 5 rings (SSSR count). The monoisotopic (exact) mass is 566 g/mol. The fraction of sp³-hybridized carbons (Fsp3) is 0.483. The minimum atomic E-state index is -3.20. The van der Waals surface area contributed by atoms with E-state index in [2.05, 4.69) is 45.3 Å². The maximum absolute atomic E-state index is 13.4. The number of furan rings is 1. The Balaban J connectivity index is 1.30. The van der Waals surface area contributed by atoms with Gasteiger partial charge in [0.05, 0.1) is 12.7 Å². The molecule has 0 aliphatic carbocycles. The summed E-state index contributed by atoms with van der Waals surface area (Å²) in [5.41, 5.74) is 4.04. The van der Waals surface area contributed by atoms with Crippen molar-refractivity contribution in [3.05, 3.63) is 70.9 Å². The molecular weight excluding hydrogens is 528 g/mol. The summed E-state index contributed by atoms with van der Waals surface area (Å²) < 4.78 is 31.1. The number of amides is 1. The van der Waals surface area contributed by atoms with Gasteiger partial charge < -0.3 is 19.5 Å². The van der Waals surface area contributed by atoms with Crippen molar-refractivity contribution in [1.29, 1.82) is 0 Å². The van der Waals surface area contributed by atoms with Crippen molar-refractivity contribution < 1.29 is 17.6 Å². The van der Waals surface area contributed by atoms with Gasteiger partial charge in [0.1, 0.15) is 17.6 Å². The van der Waals surface area contributed by atoms with Crippen LogP contribution in [0.1, 0.15) is 53.5 Å². The molecule has 11 heteroatoms. The van der Waals surface area contributed by atoms with Crippen molar-refractivity contribution >= 4 is 27.6 Å². The average molecular weight is 567 g/mol. The molecule has 0 saturated carbocycles. The van der Waals surface area contributed by atoms with Crippen LogP contribution in [0.25, 0.3) is 0 Å². The predicted octanol–water partition coefficient (Wildman–Crippen LogP) is 3.21. The van der Waals surface area contributed by atoms with Gasteiger partial charge in [-0.3, -0.25) is 4.79 Å². The molecule has 2 fully saturated rings. The standard InChI is InChI=1S/C29H38N6O4S/c1-21-7-9-24(25(17-21)33-11-5-4-6-12-33)28(26-10-8-22(2)39-26)32-27(36)18-23-19-30-29(31-20-23)34-13-15-35(16-14-34)40(3,37)38/h7-10,17,19-20,28H,4-6,11-16,18H2,1-3H3,(H,32,36). The number of aromatic nitrogens is 2. The number of hydrogen-bond acceptors (Lipinski definition) is 8. The van der Waals surface area contributed by atoms with Crippen LogP contribution in [-0.4, -0.2) is 74.1 Å². The van der Waals surface area contributed by atoms with E-state index in [-0.39, 0.29) is 12.3 Å². The molecule has 2 aliphatic heterocycles. The Morgan fingerprint density at radius 2 is 1.65 bits per heavy atom. The quantitative estimate of drug-likeness (QED) is 0.443. The Hall–Kier alpha value is -3.44. The van der Waals surface area contributed by atoms with E-state index in [4.69, 9.17) is 4.42 Å². The molecule has 0 spiro atoms. The molecule has 2 aromatic heterocycles. The summed E-state index contributed by atoms with van der Waals surface area (Å²) in [5, 5.41) is 3.22. The molecule has 1 N–H and O–H groups in total. The number of carbonyl (C=O) groups excluding carboxylic acids is 1. The number of carbonyl (C=O) groups is 1. The summed E-state index contributed by atoms with van der Waals surface area (Å²) in [6.07, 6.45) is 8.26. The predicted molar refractivity (Wildman–Crippen MR) is 155 cm³/mol. The third kappa shape index (κ3) is 6.64. The normalized spacial score (nSPS) is 17.6.